The standard InChI is InChI=1S/C20H18BrNO4/c21-14(12-13-6-2-1-3-7-13)10-11-17(20(25)26)22-18(23)15-8-4-5-9-16(15)19(22)24/h1-9,14,17H,10-12H2,(H,25,26). The van der Waals surface area contributed by atoms with E-state index < -0.39 is 23.8 Å². The van der Waals surface area contributed by atoms with Crippen LogP contribution in [-0.2, 0) is 11.2 Å². The van der Waals surface area contributed by atoms with Gasteiger partial charge in [0.05, 0.1) is 11.1 Å². The molecule has 0 saturated heterocycles. The second kappa shape index (κ2) is 7.83. The van der Waals surface area contributed by atoms with Gasteiger partial charge in [0.25, 0.3) is 11.8 Å². The van der Waals surface area contributed by atoms with Gasteiger partial charge >= 0.3 is 5.97 Å². The number of benzene rings is 2. The summed E-state index contributed by atoms with van der Waals surface area (Å²) < 4.78 is 0. The van der Waals surface area contributed by atoms with Crippen molar-refractivity contribution in [2.75, 3.05) is 0 Å². The van der Waals surface area contributed by atoms with Crippen molar-refractivity contribution >= 4 is 33.7 Å². The number of hydrogen-bond donors (Lipinski definition) is 1. The molecule has 1 N–H and O–H groups in total. The van der Waals surface area contributed by atoms with Gasteiger partial charge in [-0.1, -0.05) is 58.4 Å². The number of rotatable bonds is 7. The molecule has 1 aliphatic rings. The number of halogens is 1. The van der Waals surface area contributed by atoms with Gasteiger partial charge < -0.3 is 5.11 Å². The molecule has 5 nitrogen and oxygen atoms in total. The quantitative estimate of drug-likeness (QED) is 0.554. The van der Waals surface area contributed by atoms with Crippen LogP contribution in [-0.4, -0.2) is 38.7 Å². The highest BCUT2D eigenvalue weighted by molar-refractivity contribution is 9.09. The number of imide groups is 1. The predicted molar refractivity (Wildman–Crippen MR) is 100 cm³/mol. The summed E-state index contributed by atoms with van der Waals surface area (Å²) in [6.07, 6.45) is 1.47. The van der Waals surface area contributed by atoms with Crippen LogP contribution in [0, 0.1) is 0 Å². The van der Waals surface area contributed by atoms with Crippen LogP contribution in [0.3, 0.4) is 0 Å². The molecule has 134 valence electrons. The van der Waals surface area contributed by atoms with Crippen molar-refractivity contribution in [1.82, 2.24) is 4.90 Å². The minimum atomic E-state index is -1.17. The van der Waals surface area contributed by atoms with Crippen molar-refractivity contribution in [3.8, 4) is 0 Å². The number of carbonyl (C=O) groups is 3. The Balaban J connectivity index is 1.70. The summed E-state index contributed by atoms with van der Waals surface area (Å²) in [6.45, 7) is 0. The molecule has 1 aliphatic heterocycles. The van der Waals surface area contributed by atoms with E-state index in [2.05, 4.69) is 15.9 Å². The Morgan fingerprint density at radius 3 is 2.00 bits per heavy atom. The van der Waals surface area contributed by atoms with Crippen LogP contribution in [0.15, 0.2) is 54.6 Å². The number of carboxylic acids is 1. The van der Waals surface area contributed by atoms with E-state index in [1.165, 1.54) is 0 Å². The molecular formula is C20H18BrNO4. The summed E-state index contributed by atoms with van der Waals surface area (Å²) >= 11 is 3.58. The zero-order valence-electron chi connectivity index (χ0n) is 14.0. The van der Waals surface area contributed by atoms with Crippen LogP contribution in [0.1, 0.15) is 39.1 Å². The first-order valence-electron chi connectivity index (χ1n) is 8.36. The molecule has 2 aromatic carbocycles. The second-order valence-electron chi connectivity index (χ2n) is 6.24. The largest absolute Gasteiger partial charge is 0.480 e. The Bertz CT molecular complexity index is 802. The molecule has 0 bridgehead atoms. The van der Waals surface area contributed by atoms with Gasteiger partial charge in [0.2, 0.25) is 0 Å². The highest BCUT2D eigenvalue weighted by Gasteiger charge is 2.42. The topological polar surface area (TPSA) is 74.7 Å². The molecule has 2 atom stereocenters. The van der Waals surface area contributed by atoms with Crippen molar-refractivity contribution in [2.24, 2.45) is 0 Å². The molecule has 0 aromatic heterocycles. The number of aliphatic carboxylic acids is 1. The lowest BCUT2D eigenvalue weighted by Gasteiger charge is -2.23. The van der Waals surface area contributed by atoms with Crippen LogP contribution >= 0.6 is 15.9 Å². The smallest absolute Gasteiger partial charge is 0.326 e. The Kier molecular flexibility index (Phi) is 5.52. The van der Waals surface area contributed by atoms with Crippen molar-refractivity contribution in [1.29, 1.82) is 0 Å². The van der Waals surface area contributed by atoms with Crippen molar-refractivity contribution < 1.29 is 19.5 Å². The number of amides is 2. The SMILES string of the molecule is O=C(O)C(CCC(Br)Cc1ccccc1)N1C(=O)c2ccccc2C1=O. The predicted octanol–water partition coefficient (Wildman–Crippen LogP) is 3.52. The second-order valence-corrected chi connectivity index (χ2v) is 7.54. The first-order valence-corrected chi connectivity index (χ1v) is 9.28. The van der Waals surface area contributed by atoms with Gasteiger partial charge in [-0.15, -0.1) is 0 Å². The maximum Gasteiger partial charge on any atom is 0.326 e. The van der Waals surface area contributed by atoms with E-state index >= 15 is 0 Å². The Morgan fingerprint density at radius 2 is 1.46 bits per heavy atom. The number of hydrogen-bond acceptors (Lipinski definition) is 3. The van der Waals surface area contributed by atoms with E-state index in [4.69, 9.17) is 0 Å². The zero-order valence-corrected chi connectivity index (χ0v) is 15.6. The molecular weight excluding hydrogens is 398 g/mol. The van der Waals surface area contributed by atoms with E-state index in [0.717, 1.165) is 16.9 Å². The summed E-state index contributed by atoms with van der Waals surface area (Å²) in [6, 6.07) is 15.1. The molecule has 0 fully saturated rings. The first kappa shape index (κ1) is 18.3. The van der Waals surface area contributed by atoms with E-state index in [-0.39, 0.29) is 22.4 Å². The summed E-state index contributed by atoms with van der Waals surface area (Å²) in [4.78, 5) is 37.7. The van der Waals surface area contributed by atoms with Crippen molar-refractivity contribution in [3.63, 3.8) is 0 Å². The fourth-order valence-corrected chi connectivity index (χ4v) is 3.80. The maximum absolute atomic E-state index is 12.5. The Morgan fingerprint density at radius 1 is 0.923 bits per heavy atom. The average Bonchev–Trinajstić information content (AvgIpc) is 2.88. The average molecular weight is 416 g/mol. The number of nitrogens with zero attached hydrogens (tertiary/aromatic N) is 1. The van der Waals surface area contributed by atoms with Crippen molar-refractivity contribution in [3.05, 3.63) is 71.3 Å². The number of carbonyl (C=O) groups excluding carboxylic acids is 2. The maximum atomic E-state index is 12.5. The van der Waals surface area contributed by atoms with Crippen LogP contribution in [0.5, 0.6) is 0 Å². The third-order valence-electron chi connectivity index (χ3n) is 4.48. The number of carboxylic acid groups (broad SMARTS) is 1. The summed E-state index contributed by atoms with van der Waals surface area (Å²) in [5.74, 6) is -2.24. The lowest BCUT2D eigenvalue weighted by molar-refractivity contribution is -0.141. The van der Waals surface area contributed by atoms with E-state index in [0.29, 0.717) is 6.42 Å². The molecule has 26 heavy (non-hydrogen) atoms. The van der Waals surface area contributed by atoms with E-state index in [1.54, 1.807) is 24.3 Å². The van der Waals surface area contributed by atoms with Gasteiger partial charge in [-0.2, -0.15) is 0 Å². The van der Waals surface area contributed by atoms with Crippen LogP contribution in [0.2, 0.25) is 0 Å². The van der Waals surface area contributed by atoms with Gasteiger partial charge in [0.1, 0.15) is 6.04 Å². The Labute approximate surface area is 159 Å². The highest BCUT2D eigenvalue weighted by atomic mass is 79.9. The van der Waals surface area contributed by atoms with Crippen LogP contribution in [0.25, 0.3) is 0 Å². The molecule has 3 rings (SSSR count). The van der Waals surface area contributed by atoms with Crippen molar-refractivity contribution in [2.45, 2.75) is 30.1 Å². The fraction of sp³-hybridized carbons (Fsp3) is 0.250. The number of alkyl halides is 1. The lowest BCUT2D eigenvalue weighted by Crippen LogP contribution is -2.45. The van der Waals surface area contributed by atoms with Crippen LogP contribution < -0.4 is 0 Å². The highest BCUT2D eigenvalue weighted by Crippen LogP contribution is 2.27. The van der Waals surface area contributed by atoms with Gasteiger partial charge in [-0.3, -0.25) is 14.5 Å². The van der Waals surface area contributed by atoms with E-state index in [9.17, 15) is 19.5 Å². The zero-order chi connectivity index (χ0) is 18.7. The minimum absolute atomic E-state index is 0.0573. The summed E-state index contributed by atoms with van der Waals surface area (Å²) in [5, 5.41) is 9.59. The molecule has 0 spiro atoms. The Hall–Kier alpha value is -2.47. The summed E-state index contributed by atoms with van der Waals surface area (Å²) in [7, 11) is 0. The monoisotopic (exact) mass is 415 g/mol. The molecule has 2 aromatic rings. The van der Waals surface area contributed by atoms with Gasteiger partial charge in [0, 0.05) is 4.83 Å². The number of fused-ring (bicyclic) bond motifs is 1. The molecule has 2 amide bonds. The first-order chi connectivity index (χ1) is 12.5. The normalized spacial score (nSPS) is 15.7. The molecule has 6 heteroatoms. The van der Waals surface area contributed by atoms with Crippen LogP contribution in [0.4, 0.5) is 0 Å². The fourth-order valence-electron chi connectivity index (χ4n) is 3.16. The molecule has 0 saturated carbocycles. The lowest BCUT2D eigenvalue weighted by atomic mass is 10.0. The minimum Gasteiger partial charge on any atom is -0.480 e. The third kappa shape index (κ3) is 3.70. The third-order valence-corrected chi connectivity index (χ3v) is 5.26. The van der Waals surface area contributed by atoms with Gasteiger partial charge in [0.15, 0.2) is 0 Å². The molecule has 1 heterocycles. The van der Waals surface area contributed by atoms with Gasteiger partial charge in [-0.05, 0) is 37.0 Å². The molecule has 0 aliphatic carbocycles. The molecule has 2 unspecified atom stereocenters. The van der Waals surface area contributed by atoms with E-state index in [1.807, 2.05) is 30.3 Å². The van der Waals surface area contributed by atoms with Gasteiger partial charge in [-0.25, -0.2) is 4.79 Å². The summed E-state index contributed by atoms with van der Waals surface area (Å²) in [5.41, 5.74) is 1.67. The molecule has 0 radical (unpaired) electrons.